The fraction of sp³-hybridized carbons (Fsp3) is 0.611. The van der Waals surface area contributed by atoms with Crippen LogP contribution in [0.5, 0.6) is 0 Å². The molecule has 1 atom stereocenters. The minimum Gasteiger partial charge on any atom is -0.381 e. The van der Waals surface area contributed by atoms with Crippen LogP contribution in [0.3, 0.4) is 0 Å². The smallest absolute Gasteiger partial charge is 0.259 e. The molecule has 2 aliphatic rings. The van der Waals surface area contributed by atoms with Gasteiger partial charge in [-0.15, -0.1) is 0 Å². The van der Waals surface area contributed by atoms with Gasteiger partial charge < -0.3 is 14.2 Å². The van der Waals surface area contributed by atoms with Crippen LogP contribution in [0.2, 0.25) is 0 Å². The summed E-state index contributed by atoms with van der Waals surface area (Å²) in [4.78, 5) is 19.7. The fourth-order valence-electron chi connectivity index (χ4n) is 3.44. The summed E-state index contributed by atoms with van der Waals surface area (Å²) in [6.07, 6.45) is 3.29. The second-order valence-corrected chi connectivity index (χ2v) is 6.89. The lowest BCUT2D eigenvalue weighted by Crippen LogP contribution is -2.35. The van der Waals surface area contributed by atoms with Crippen molar-refractivity contribution in [3.05, 3.63) is 23.0 Å². The number of aromatic nitrogens is 2. The Morgan fingerprint density at radius 1 is 1.38 bits per heavy atom. The maximum Gasteiger partial charge on any atom is 0.259 e. The highest BCUT2D eigenvalue weighted by Crippen LogP contribution is 2.40. The molecule has 1 saturated heterocycles. The number of ether oxygens (including phenoxy) is 1. The molecule has 1 saturated carbocycles. The predicted octanol–water partition coefficient (Wildman–Crippen LogP) is 2.91. The lowest BCUT2D eigenvalue weighted by atomic mass is 10.0. The molecule has 2 fully saturated rings. The highest BCUT2D eigenvalue weighted by molar-refractivity contribution is 6.06. The third kappa shape index (κ3) is 2.79. The molecule has 1 aliphatic heterocycles. The summed E-state index contributed by atoms with van der Waals surface area (Å²) in [7, 11) is 0. The fourth-order valence-corrected chi connectivity index (χ4v) is 3.44. The van der Waals surface area contributed by atoms with Crippen LogP contribution in [0.1, 0.15) is 53.8 Å². The predicted molar refractivity (Wildman–Crippen MR) is 89.0 cm³/mol. The van der Waals surface area contributed by atoms with E-state index in [1.807, 2.05) is 24.8 Å². The molecule has 128 valence electrons. The van der Waals surface area contributed by atoms with E-state index in [4.69, 9.17) is 9.26 Å². The molecule has 6 heteroatoms. The minimum absolute atomic E-state index is 0.0463. The average Bonchev–Trinajstić information content (AvgIpc) is 3.20. The largest absolute Gasteiger partial charge is 0.381 e. The first-order valence-corrected chi connectivity index (χ1v) is 8.81. The van der Waals surface area contributed by atoms with Crippen molar-refractivity contribution < 1.29 is 14.1 Å². The molecule has 0 bridgehead atoms. The van der Waals surface area contributed by atoms with Crippen molar-refractivity contribution in [2.45, 2.75) is 39.0 Å². The second-order valence-electron chi connectivity index (χ2n) is 6.89. The van der Waals surface area contributed by atoms with Crippen molar-refractivity contribution in [2.75, 3.05) is 26.3 Å². The van der Waals surface area contributed by atoms with E-state index >= 15 is 0 Å². The van der Waals surface area contributed by atoms with Gasteiger partial charge in [-0.1, -0.05) is 5.16 Å². The van der Waals surface area contributed by atoms with Crippen molar-refractivity contribution in [2.24, 2.45) is 5.92 Å². The van der Waals surface area contributed by atoms with Gasteiger partial charge in [0.1, 0.15) is 0 Å². The Morgan fingerprint density at radius 3 is 2.88 bits per heavy atom. The van der Waals surface area contributed by atoms with Crippen LogP contribution in [0, 0.1) is 12.8 Å². The quantitative estimate of drug-likeness (QED) is 0.843. The van der Waals surface area contributed by atoms with Gasteiger partial charge in [-0.2, -0.15) is 0 Å². The Balaban J connectivity index is 1.69. The van der Waals surface area contributed by atoms with Gasteiger partial charge in [0.2, 0.25) is 0 Å². The first-order chi connectivity index (χ1) is 11.7. The highest BCUT2D eigenvalue weighted by atomic mass is 16.5. The molecular formula is C18H23N3O3. The summed E-state index contributed by atoms with van der Waals surface area (Å²) < 4.78 is 10.8. The zero-order chi connectivity index (χ0) is 16.7. The lowest BCUT2D eigenvalue weighted by molar-refractivity contribution is 0.0732. The standard InChI is InChI=1S/C18H23N3O3/c1-3-21(9-12-6-7-23-10-12)18(22)14-8-15(13-4-5-13)19-17-16(14)11(2)20-24-17/h8,12-13H,3-7,9-10H2,1-2H3/t12-/m1/s1. The molecule has 1 amide bonds. The van der Waals surface area contributed by atoms with Crippen LogP contribution in [0.4, 0.5) is 0 Å². The number of fused-ring (bicyclic) bond motifs is 1. The average molecular weight is 329 g/mol. The molecule has 4 rings (SSSR count). The van der Waals surface area contributed by atoms with E-state index in [1.165, 1.54) is 0 Å². The second kappa shape index (κ2) is 6.16. The maximum atomic E-state index is 13.2. The molecule has 3 heterocycles. The molecule has 0 N–H and O–H groups in total. The van der Waals surface area contributed by atoms with E-state index in [9.17, 15) is 4.79 Å². The van der Waals surface area contributed by atoms with E-state index < -0.39 is 0 Å². The third-order valence-electron chi connectivity index (χ3n) is 5.03. The topological polar surface area (TPSA) is 68.5 Å². The summed E-state index contributed by atoms with van der Waals surface area (Å²) in [5.41, 5.74) is 2.85. The minimum atomic E-state index is 0.0463. The Kier molecular flexibility index (Phi) is 4.00. The van der Waals surface area contributed by atoms with Gasteiger partial charge in [-0.05, 0) is 39.2 Å². The number of pyridine rings is 1. The maximum absolute atomic E-state index is 13.2. The molecule has 0 unspecified atom stereocenters. The van der Waals surface area contributed by atoms with Gasteiger partial charge >= 0.3 is 0 Å². The van der Waals surface area contributed by atoms with Crippen LogP contribution in [0.25, 0.3) is 11.1 Å². The number of hydrogen-bond acceptors (Lipinski definition) is 5. The van der Waals surface area contributed by atoms with Crippen molar-refractivity contribution >= 4 is 17.0 Å². The molecule has 0 spiro atoms. The normalized spacial score (nSPS) is 20.7. The Labute approximate surface area is 141 Å². The molecule has 0 aromatic carbocycles. The molecule has 6 nitrogen and oxygen atoms in total. The van der Waals surface area contributed by atoms with Crippen molar-refractivity contribution in [1.82, 2.24) is 15.0 Å². The summed E-state index contributed by atoms with van der Waals surface area (Å²) >= 11 is 0. The van der Waals surface area contributed by atoms with Gasteiger partial charge in [0.05, 0.1) is 23.3 Å². The van der Waals surface area contributed by atoms with Gasteiger partial charge in [0.25, 0.3) is 11.6 Å². The SMILES string of the molecule is CCN(C[C@H]1CCOC1)C(=O)c1cc(C2CC2)nc2onc(C)c12. The van der Waals surface area contributed by atoms with E-state index in [2.05, 4.69) is 10.1 Å². The first-order valence-electron chi connectivity index (χ1n) is 8.81. The summed E-state index contributed by atoms with van der Waals surface area (Å²) in [6, 6.07) is 1.96. The van der Waals surface area contributed by atoms with Crippen LogP contribution in [-0.4, -0.2) is 47.3 Å². The number of hydrogen-bond donors (Lipinski definition) is 0. The Morgan fingerprint density at radius 2 is 2.21 bits per heavy atom. The molecule has 0 radical (unpaired) electrons. The molecule has 2 aromatic rings. The van der Waals surface area contributed by atoms with Gasteiger partial charge in [0, 0.05) is 37.2 Å². The molecule has 24 heavy (non-hydrogen) atoms. The molecule has 1 aliphatic carbocycles. The number of aryl methyl sites for hydroxylation is 1. The number of rotatable bonds is 5. The van der Waals surface area contributed by atoms with E-state index in [0.29, 0.717) is 29.7 Å². The van der Waals surface area contributed by atoms with E-state index in [1.54, 1.807) is 0 Å². The number of amides is 1. The van der Waals surface area contributed by atoms with Gasteiger partial charge in [-0.25, -0.2) is 4.98 Å². The summed E-state index contributed by atoms with van der Waals surface area (Å²) in [6.45, 7) is 6.85. The van der Waals surface area contributed by atoms with Crippen molar-refractivity contribution in [3.63, 3.8) is 0 Å². The Bertz CT molecular complexity index is 760. The number of carbonyl (C=O) groups excluding carboxylic acids is 1. The van der Waals surface area contributed by atoms with Crippen LogP contribution < -0.4 is 0 Å². The highest BCUT2D eigenvalue weighted by Gasteiger charge is 2.30. The van der Waals surface area contributed by atoms with Gasteiger partial charge in [-0.3, -0.25) is 4.79 Å². The number of nitrogens with zero attached hydrogens (tertiary/aromatic N) is 3. The third-order valence-corrected chi connectivity index (χ3v) is 5.03. The zero-order valence-electron chi connectivity index (χ0n) is 14.2. The molecule has 2 aromatic heterocycles. The number of carbonyl (C=O) groups is 1. The zero-order valence-corrected chi connectivity index (χ0v) is 14.2. The van der Waals surface area contributed by atoms with Crippen LogP contribution >= 0.6 is 0 Å². The van der Waals surface area contributed by atoms with Crippen LogP contribution in [-0.2, 0) is 4.74 Å². The Hall–Kier alpha value is -1.95. The van der Waals surface area contributed by atoms with E-state index in [0.717, 1.165) is 55.8 Å². The molecular weight excluding hydrogens is 306 g/mol. The lowest BCUT2D eigenvalue weighted by Gasteiger charge is -2.24. The van der Waals surface area contributed by atoms with Crippen LogP contribution in [0.15, 0.2) is 10.6 Å². The van der Waals surface area contributed by atoms with Gasteiger partial charge in [0.15, 0.2) is 0 Å². The first kappa shape index (κ1) is 15.6. The summed E-state index contributed by atoms with van der Waals surface area (Å²) in [5, 5.41) is 4.77. The van der Waals surface area contributed by atoms with E-state index in [-0.39, 0.29) is 5.91 Å². The summed E-state index contributed by atoms with van der Waals surface area (Å²) in [5.74, 6) is 0.937. The van der Waals surface area contributed by atoms with Crippen molar-refractivity contribution in [1.29, 1.82) is 0 Å². The monoisotopic (exact) mass is 329 g/mol. The van der Waals surface area contributed by atoms with Crippen molar-refractivity contribution in [3.8, 4) is 0 Å².